The minimum absolute atomic E-state index is 0.0201. The van der Waals surface area contributed by atoms with Crippen molar-refractivity contribution in [1.29, 1.82) is 0 Å². The monoisotopic (exact) mass is 904 g/mol. The van der Waals surface area contributed by atoms with Crippen LogP contribution in [0.4, 0.5) is 22.7 Å². The molecule has 0 fully saturated rings. The predicted molar refractivity (Wildman–Crippen MR) is 211 cm³/mol. The maximum atomic E-state index is 13.0. The maximum absolute atomic E-state index is 13.0. The van der Waals surface area contributed by atoms with Gasteiger partial charge in [-0.15, -0.1) is 0 Å². The lowest BCUT2D eigenvalue weighted by atomic mass is 10.1. The number of nitrogens with one attached hydrogen (secondary N) is 2. The van der Waals surface area contributed by atoms with Gasteiger partial charge in [0.1, 0.15) is 0 Å². The first-order valence-electron chi connectivity index (χ1n) is 16.1. The normalized spacial score (nSPS) is 11.0. The average molecular weight is 905 g/mol. The number of non-ortho nitro benzene ring substituents is 2. The number of hydrogen-bond acceptors (Lipinski definition) is 8. The zero-order chi connectivity index (χ0) is 35.9. The number of halogens is 2. The first kappa shape index (κ1) is 38.8. The molecule has 0 atom stereocenters. The first-order chi connectivity index (χ1) is 24.0. The Morgan fingerprint density at radius 2 is 0.880 bits per heavy atom. The fourth-order valence-electron chi connectivity index (χ4n) is 5.29. The van der Waals surface area contributed by atoms with Gasteiger partial charge in [-0.2, -0.15) is 0 Å². The van der Waals surface area contributed by atoms with Crippen LogP contribution < -0.4 is 10.6 Å². The number of nitrogens with zero attached hydrogens (tertiary/aromatic N) is 4. The quantitative estimate of drug-likeness (QED) is 0.0418. The van der Waals surface area contributed by atoms with Gasteiger partial charge in [-0.3, -0.25) is 39.6 Å². The third-order valence-electron chi connectivity index (χ3n) is 7.80. The molecule has 4 aromatic carbocycles. The Labute approximate surface area is 318 Å². The zero-order valence-corrected chi connectivity index (χ0v) is 31.6. The fourth-order valence-corrected chi connectivity index (χ4v) is 6.01. The second kappa shape index (κ2) is 20.0. The van der Waals surface area contributed by atoms with E-state index in [0.717, 1.165) is 55.3 Å². The second-order valence-corrected chi connectivity index (χ2v) is 14.3. The van der Waals surface area contributed by atoms with Crippen LogP contribution in [0.5, 0.6) is 0 Å². The third kappa shape index (κ3) is 13.7. The molecule has 0 aliphatic heterocycles. The summed E-state index contributed by atoms with van der Waals surface area (Å²) in [7, 11) is 0. The number of nitro groups is 2. The van der Waals surface area contributed by atoms with E-state index in [2.05, 4.69) is 55.8 Å². The smallest absolute Gasteiger partial charge is 0.269 e. The molecule has 0 spiro atoms. The molecule has 0 unspecified atom stereocenters. The molecule has 0 saturated carbocycles. The Kier molecular flexibility index (Phi) is 15.5. The summed E-state index contributed by atoms with van der Waals surface area (Å²) in [5, 5.41) is 28.1. The third-order valence-corrected chi connectivity index (χ3v) is 9.23. The van der Waals surface area contributed by atoms with E-state index >= 15 is 0 Å². The molecule has 2 amide bonds. The van der Waals surface area contributed by atoms with Gasteiger partial charge in [0.25, 0.3) is 11.4 Å². The van der Waals surface area contributed by atoms with E-state index in [0.29, 0.717) is 26.2 Å². The number of hydrogen-bond donors (Lipinski definition) is 2. The highest BCUT2D eigenvalue weighted by Gasteiger charge is 2.15. The van der Waals surface area contributed by atoms with E-state index in [1.165, 1.54) is 24.3 Å². The van der Waals surface area contributed by atoms with Crippen LogP contribution in [0.3, 0.4) is 0 Å². The summed E-state index contributed by atoms with van der Waals surface area (Å²) >= 11 is 4.42. The lowest BCUT2D eigenvalue weighted by Gasteiger charge is -2.23. The van der Waals surface area contributed by atoms with Crippen molar-refractivity contribution in [3.05, 3.63) is 136 Å². The van der Waals surface area contributed by atoms with Gasteiger partial charge in [-0.1, -0.05) is 37.1 Å². The lowest BCUT2D eigenvalue weighted by Crippen LogP contribution is -2.34. The lowest BCUT2D eigenvalue weighted by molar-refractivity contribution is -0.385. The SMILES string of the molecule is O=C(CN(CCCCCCN(CC(=O)Nc1ccc(I)cc1)Cc1ccc([N+](=O)[O-])cc1)Cc1ccc([N+](=O)[O-])cc1)Nc1ccc(I)cc1. The van der Waals surface area contributed by atoms with Gasteiger partial charge < -0.3 is 10.6 Å². The van der Waals surface area contributed by atoms with E-state index in [4.69, 9.17) is 0 Å². The van der Waals surface area contributed by atoms with Gasteiger partial charge in [0.15, 0.2) is 0 Å². The van der Waals surface area contributed by atoms with Gasteiger partial charge in [0, 0.05) is 55.9 Å². The van der Waals surface area contributed by atoms with E-state index in [1.807, 2.05) is 58.3 Å². The van der Waals surface area contributed by atoms with Crippen molar-refractivity contribution in [1.82, 2.24) is 9.80 Å². The predicted octanol–water partition coefficient (Wildman–Crippen LogP) is 7.85. The molecule has 2 N–H and O–H groups in total. The molecule has 0 aliphatic carbocycles. The molecule has 4 aromatic rings. The molecule has 14 heteroatoms. The number of unbranched alkanes of at least 4 members (excludes halogenated alkanes) is 3. The number of amides is 2. The van der Waals surface area contributed by atoms with Crippen LogP contribution in [0.25, 0.3) is 0 Å². The fraction of sp³-hybridized carbons (Fsp3) is 0.278. The molecular weight excluding hydrogens is 866 g/mol. The summed E-state index contributed by atoms with van der Waals surface area (Å²) < 4.78 is 2.14. The molecule has 0 saturated heterocycles. The highest BCUT2D eigenvalue weighted by Crippen LogP contribution is 2.18. The number of rotatable bonds is 19. The van der Waals surface area contributed by atoms with Gasteiger partial charge in [0.05, 0.1) is 22.9 Å². The molecule has 0 heterocycles. The summed E-state index contributed by atoms with van der Waals surface area (Å²) in [6.07, 6.45) is 3.46. The van der Waals surface area contributed by atoms with Crippen LogP contribution in [-0.2, 0) is 22.7 Å². The van der Waals surface area contributed by atoms with Crippen molar-refractivity contribution in [2.24, 2.45) is 0 Å². The number of nitro benzene ring substituents is 2. The van der Waals surface area contributed by atoms with Crippen LogP contribution in [0.15, 0.2) is 97.1 Å². The molecular formula is C36H38I2N6O6. The van der Waals surface area contributed by atoms with Crippen LogP contribution in [0, 0.1) is 27.4 Å². The van der Waals surface area contributed by atoms with Crippen LogP contribution in [0.1, 0.15) is 36.8 Å². The van der Waals surface area contributed by atoms with Gasteiger partial charge in [-0.25, -0.2) is 0 Å². The summed E-state index contributed by atoms with van der Waals surface area (Å²) in [6, 6.07) is 27.9. The zero-order valence-electron chi connectivity index (χ0n) is 27.3. The topological polar surface area (TPSA) is 151 Å². The van der Waals surface area contributed by atoms with Crippen LogP contribution in [-0.4, -0.2) is 57.6 Å². The van der Waals surface area contributed by atoms with Crippen molar-refractivity contribution in [2.45, 2.75) is 38.8 Å². The van der Waals surface area contributed by atoms with E-state index in [9.17, 15) is 29.8 Å². The molecule has 0 aliphatic rings. The average Bonchev–Trinajstić information content (AvgIpc) is 3.08. The van der Waals surface area contributed by atoms with Gasteiger partial charge >= 0.3 is 0 Å². The largest absolute Gasteiger partial charge is 0.325 e. The Bertz CT molecular complexity index is 1590. The first-order valence-corrected chi connectivity index (χ1v) is 18.2. The Hall–Kier alpha value is -4.00. The number of carbonyl (C=O) groups is 2. The summed E-state index contributed by atoms with van der Waals surface area (Å²) in [5.41, 5.74) is 3.23. The Morgan fingerprint density at radius 3 is 1.20 bits per heavy atom. The molecule has 0 radical (unpaired) electrons. The molecule has 4 rings (SSSR count). The Morgan fingerprint density at radius 1 is 0.540 bits per heavy atom. The standard InChI is InChI=1S/C36H38I2N6O6/c37-29-9-13-31(14-10-29)39-35(45)25-41(23-27-5-17-33(18-6-27)43(47)48)21-3-1-2-4-22-42(24-28-7-19-34(20-8-28)44(49)50)26-36(46)40-32-15-11-30(38)12-16-32/h5-20H,1-4,21-26H2,(H,39,45)(H,40,46). The molecule has 12 nitrogen and oxygen atoms in total. The van der Waals surface area contributed by atoms with Crippen LogP contribution in [0.2, 0.25) is 0 Å². The summed E-state index contributed by atoms with van der Waals surface area (Å²) in [6.45, 7) is 2.58. The number of carbonyl (C=O) groups excluding carboxylic acids is 2. The van der Waals surface area contributed by atoms with Crippen molar-refractivity contribution >= 4 is 79.7 Å². The van der Waals surface area contributed by atoms with E-state index in [1.54, 1.807) is 24.3 Å². The highest BCUT2D eigenvalue weighted by molar-refractivity contribution is 14.1. The van der Waals surface area contributed by atoms with Crippen molar-refractivity contribution < 1.29 is 19.4 Å². The maximum Gasteiger partial charge on any atom is 0.269 e. The van der Waals surface area contributed by atoms with Crippen molar-refractivity contribution in [3.8, 4) is 0 Å². The minimum atomic E-state index is -0.431. The van der Waals surface area contributed by atoms with Crippen molar-refractivity contribution in [2.75, 3.05) is 36.8 Å². The summed E-state index contributed by atoms with van der Waals surface area (Å²) in [5.74, 6) is -0.281. The van der Waals surface area contributed by atoms with Crippen molar-refractivity contribution in [3.63, 3.8) is 0 Å². The Balaban J connectivity index is 1.31. The van der Waals surface area contributed by atoms with E-state index in [-0.39, 0.29) is 36.3 Å². The second-order valence-electron chi connectivity index (χ2n) is 11.8. The van der Waals surface area contributed by atoms with Crippen LogP contribution >= 0.6 is 45.2 Å². The molecule has 0 bridgehead atoms. The molecule has 0 aromatic heterocycles. The highest BCUT2D eigenvalue weighted by atomic mass is 127. The molecule has 262 valence electrons. The number of anilines is 2. The van der Waals surface area contributed by atoms with E-state index < -0.39 is 9.85 Å². The summed E-state index contributed by atoms with van der Waals surface area (Å²) in [4.78, 5) is 51.3. The number of benzene rings is 4. The molecule has 50 heavy (non-hydrogen) atoms. The van der Waals surface area contributed by atoms with Gasteiger partial charge in [-0.05, 0) is 131 Å². The van der Waals surface area contributed by atoms with Gasteiger partial charge in [0.2, 0.25) is 11.8 Å². The minimum Gasteiger partial charge on any atom is -0.325 e.